The Hall–Kier alpha value is 0.310. The maximum absolute atomic E-state index is 4.44. The lowest BCUT2D eigenvalue weighted by Gasteiger charge is -2.21. The molecule has 0 radical (unpaired) electrons. The molecule has 0 bridgehead atoms. The molecule has 0 aromatic heterocycles. The number of hydrogen-bond donors (Lipinski definition) is 2. The van der Waals surface area contributed by atoms with E-state index in [1.165, 1.54) is 0 Å². The van der Waals surface area contributed by atoms with Crippen molar-refractivity contribution in [1.29, 1.82) is 0 Å². The topological polar surface area (TPSA) is 12.0 Å². The lowest BCUT2D eigenvalue weighted by molar-refractivity contribution is 0.487. The molecule has 2 unspecified atom stereocenters. The first-order chi connectivity index (χ1) is 4.09. The van der Waals surface area contributed by atoms with Crippen molar-refractivity contribution in [2.24, 2.45) is 5.92 Å². The van der Waals surface area contributed by atoms with Crippen LogP contribution in [0, 0.1) is 5.92 Å². The molecule has 56 valence electrons. The van der Waals surface area contributed by atoms with Gasteiger partial charge in [0.15, 0.2) is 0 Å². The second-order valence-electron chi connectivity index (χ2n) is 2.81. The molecule has 0 fully saturated rings. The molecule has 1 nitrogen and oxygen atoms in total. The SMILES string of the molecule is CNC(C)C(S)C(C)C. The summed E-state index contributed by atoms with van der Waals surface area (Å²) in [4.78, 5) is 0. The first kappa shape index (κ1) is 9.31. The Kier molecular flexibility index (Phi) is 4.32. The van der Waals surface area contributed by atoms with Crippen LogP contribution in [0.4, 0.5) is 0 Å². The summed E-state index contributed by atoms with van der Waals surface area (Å²) < 4.78 is 0. The summed E-state index contributed by atoms with van der Waals surface area (Å²) in [6.07, 6.45) is 0. The molecule has 1 N–H and O–H groups in total. The summed E-state index contributed by atoms with van der Waals surface area (Å²) in [5.41, 5.74) is 0. The Morgan fingerprint density at radius 3 is 1.78 bits per heavy atom. The summed E-state index contributed by atoms with van der Waals surface area (Å²) in [7, 11) is 1.97. The van der Waals surface area contributed by atoms with Crippen molar-refractivity contribution in [3.63, 3.8) is 0 Å². The predicted octanol–water partition coefficient (Wildman–Crippen LogP) is 1.55. The summed E-state index contributed by atoms with van der Waals surface area (Å²) in [6.45, 7) is 6.52. The highest BCUT2D eigenvalue weighted by molar-refractivity contribution is 7.81. The van der Waals surface area contributed by atoms with Gasteiger partial charge in [0.25, 0.3) is 0 Å². The van der Waals surface area contributed by atoms with Gasteiger partial charge in [-0.05, 0) is 19.9 Å². The molecule has 0 aliphatic rings. The van der Waals surface area contributed by atoms with E-state index in [1.54, 1.807) is 0 Å². The molecular weight excluding hydrogens is 130 g/mol. The van der Waals surface area contributed by atoms with Crippen molar-refractivity contribution in [2.75, 3.05) is 7.05 Å². The fourth-order valence-corrected chi connectivity index (χ4v) is 0.897. The Morgan fingerprint density at radius 1 is 1.22 bits per heavy atom. The minimum Gasteiger partial charge on any atom is -0.316 e. The highest BCUT2D eigenvalue weighted by Gasteiger charge is 2.13. The Bertz CT molecular complexity index is 73.3. The van der Waals surface area contributed by atoms with Crippen molar-refractivity contribution < 1.29 is 0 Å². The van der Waals surface area contributed by atoms with Crippen molar-refractivity contribution in [3.05, 3.63) is 0 Å². The zero-order valence-corrected chi connectivity index (χ0v) is 7.57. The summed E-state index contributed by atoms with van der Waals surface area (Å²) in [5, 5.41) is 3.64. The van der Waals surface area contributed by atoms with Crippen LogP contribution in [0.1, 0.15) is 20.8 Å². The number of thiol groups is 1. The molecule has 0 aliphatic carbocycles. The van der Waals surface area contributed by atoms with E-state index in [1.807, 2.05) is 7.05 Å². The summed E-state index contributed by atoms with van der Waals surface area (Å²) in [6, 6.07) is 0.508. The van der Waals surface area contributed by atoms with Crippen LogP contribution in [0.3, 0.4) is 0 Å². The van der Waals surface area contributed by atoms with Crippen LogP contribution in [-0.2, 0) is 0 Å². The molecule has 0 amide bonds. The molecule has 2 heteroatoms. The third-order valence-corrected chi connectivity index (χ3v) is 2.69. The van der Waals surface area contributed by atoms with Gasteiger partial charge in [-0.3, -0.25) is 0 Å². The second kappa shape index (κ2) is 4.18. The fourth-order valence-electron chi connectivity index (χ4n) is 0.748. The van der Waals surface area contributed by atoms with Gasteiger partial charge < -0.3 is 5.32 Å². The predicted molar refractivity (Wildman–Crippen MR) is 46.1 cm³/mol. The van der Waals surface area contributed by atoms with Gasteiger partial charge >= 0.3 is 0 Å². The van der Waals surface area contributed by atoms with Crippen molar-refractivity contribution in [2.45, 2.75) is 32.1 Å². The quantitative estimate of drug-likeness (QED) is 0.577. The van der Waals surface area contributed by atoms with E-state index in [9.17, 15) is 0 Å². The van der Waals surface area contributed by atoms with Crippen molar-refractivity contribution >= 4 is 12.6 Å². The van der Waals surface area contributed by atoms with E-state index in [0.29, 0.717) is 17.2 Å². The van der Waals surface area contributed by atoms with Crippen molar-refractivity contribution in [1.82, 2.24) is 5.32 Å². The minimum absolute atomic E-state index is 0.468. The van der Waals surface area contributed by atoms with E-state index < -0.39 is 0 Å². The largest absolute Gasteiger partial charge is 0.316 e. The fraction of sp³-hybridized carbons (Fsp3) is 1.00. The Balaban J connectivity index is 3.58. The Morgan fingerprint density at radius 2 is 1.67 bits per heavy atom. The second-order valence-corrected chi connectivity index (χ2v) is 3.41. The number of rotatable bonds is 3. The van der Waals surface area contributed by atoms with Gasteiger partial charge in [0.05, 0.1) is 0 Å². The lowest BCUT2D eigenvalue weighted by Crippen LogP contribution is -2.34. The van der Waals surface area contributed by atoms with Crippen LogP contribution in [-0.4, -0.2) is 18.3 Å². The zero-order valence-electron chi connectivity index (χ0n) is 6.68. The van der Waals surface area contributed by atoms with Gasteiger partial charge in [-0.15, -0.1) is 0 Å². The molecule has 0 aromatic carbocycles. The number of nitrogens with one attached hydrogen (secondary N) is 1. The normalized spacial score (nSPS) is 18.0. The van der Waals surface area contributed by atoms with E-state index >= 15 is 0 Å². The van der Waals surface area contributed by atoms with Gasteiger partial charge in [0.1, 0.15) is 0 Å². The maximum atomic E-state index is 4.44. The average Bonchev–Trinajstić information content (AvgIpc) is 1.84. The third-order valence-electron chi connectivity index (χ3n) is 1.65. The van der Waals surface area contributed by atoms with Gasteiger partial charge in [-0.2, -0.15) is 12.6 Å². The minimum atomic E-state index is 0.468. The van der Waals surface area contributed by atoms with E-state index in [0.717, 1.165) is 0 Å². The average molecular weight is 147 g/mol. The molecule has 0 heterocycles. The van der Waals surface area contributed by atoms with Gasteiger partial charge in [0, 0.05) is 11.3 Å². The van der Waals surface area contributed by atoms with Gasteiger partial charge in [0.2, 0.25) is 0 Å². The molecule has 0 saturated carbocycles. The summed E-state index contributed by atoms with van der Waals surface area (Å²) >= 11 is 4.44. The summed E-state index contributed by atoms with van der Waals surface area (Å²) in [5.74, 6) is 0.649. The van der Waals surface area contributed by atoms with Crippen LogP contribution in [0.25, 0.3) is 0 Å². The first-order valence-electron chi connectivity index (χ1n) is 3.45. The van der Waals surface area contributed by atoms with E-state index in [4.69, 9.17) is 0 Å². The molecule has 0 aliphatic heterocycles. The zero-order chi connectivity index (χ0) is 7.44. The maximum Gasteiger partial charge on any atom is 0.0191 e. The molecule has 2 atom stereocenters. The van der Waals surface area contributed by atoms with E-state index in [2.05, 4.69) is 38.7 Å². The molecule has 0 saturated heterocycles. The van der Waals surface area contributed by atoms with Gasteiger partial charge in [-0.1, -0.05) is 13.8 Å². The monoisotopic (exact) mass is 147 g/mol. The smallest absolute Gasteiger partial charge is 0.0191 e. The van der Waals surface area contributed by atoms with Gasteiger partial charge in [-0.25, -0.2) is 0 Å². The highest BCUT2D eigenvalue weighted by atomic mass is 32.1. The van der Waals surface area contributed by atoms with Crippen LogP contribution < -0.4 is 5.32 Å². The third kappa shape index (κ3) is 3.11. The molecule has 9 heavy (non-hydrogen) atoms. The number of hydrogen-bond acceptors (Lipinski definition) is 2. The van der Waals surface area contributed by atoms with Crippen molar-refractivity contribution in [3.8, 4) is 0 Å². The van der Waals surface area contributed by atoms with Crippen LogP contribution in [0.5, 0.6) is 0 Å². The first-order valence-corrected chi connectivity index (χ1v) is 3.96. The molecule has 0 rings (SSSR count). The van der Waals surface area contributed by atoms with E-state index in [-0.39, 0.29) is 0 Å². The molecule has 0 spiro atoms. The molecule has 0 aromatic rings. The molecular formula is C7H17NS. The lowest BCUT2D eigenvalue weighted by atomic mass is 10.0. The van der Waals surface area contributed by atoms with Crippen LogP contribution in [0.2, 0.25) is 0 Å². The van der Waals surface area contributed by atoms with Crippen LogP contribution >= 0.6 is 12.6 Å². The Labute approximate surface area is 63.6 Å². The van der Waals surface area contributed by atoms with Crippen LogP contribution in [0.15, 0.2) is 0 Å². The highest BCUT2D eigenvalue weighted by Crippen LogP contribution is 2.12. The standard InChI is InChI=1S/C7H17NS/c1-5(2)7(9)6(3)8-4/h5-9H,1-4H3.